The molecule has 1 spiro atoms. The number of amides is 3. The zero-order valence-corrected chi connectivity index (χ0v) is 11.3. The van der Waals surface area contributed by atoms with E-state index in [-0.39, 0.29) is 18.5 Å². The van der Waals surface area contributed by atoms with Crippen LogP contribution in [0.15, 0.2) is 6.20 Å². The van der Waals surface area contributed by atoms with Crippen molar-refractivity contribution < 1.29 is 9.59 Å². The molecule has 2 aliphatic rings. The van der Waals surface area contributed by atoms with Crippen LogP contribution in [0.3, 0.4) is 0 Å². The fraction of sp³-hybridized carbons (Fsp3) is 0.583. The predicted octanol–water partition coefficient (Wildman–Crippen LogP) is 1.48. The molecule has 3 N–H and O–H groups in total. The van der Waals surface area contributed by atoms with Gasteiger partial charge < -0.3 is 11.1 Å². The van der Waals surface area contributed by atoms with Crippen molar-refractivity contribution in [3.63, 3.8) is 0 Å². The van der Waals surface area contributed by atoms with Gasteiger partial charge in [-0.15, -0.1) is 11.3 Å². The first-order valence-electron chi connectivity index (χ1n) is 6.45. The summed E-state index contributed by atoms with van der Waals surface area (Å²) in [7, 11) is 0. The third-order valence-electron chi connectivity index (χ3n) is 3.84. The number of carbonyl (C=O) groups is 2. The molecule has 1 aliphatic heterocycles. The van der Waals surface area contributed by atoms with Gasteiger partial charge in [-0.25, -0.2) is 9.78 Å². The van der Waals surface area contributed by atoms with Crippen molar-refractivity contribution in [3.05, 3.63) is 11.1 Å². The molecule has 1 aromatic heterocycles. The van der Waals surface area contributed by atoms with E-state index in [1.54, 1.807) is 6.20 Å². The Labute approximate surface area is 115 Å². The molecule has 6 nitrogen and oxygen atoms in total. The van der Waals surface area contributed by atoms with E-state index in [0.29, 0.717) is 5.13 Å². The fourth-order valence-electron chi connectivity index (χ4n) is 2.87. The van der Waals surface area contributed by atoms with E-state index in [1.807, 2.05) is 0 Å². The van der Waals surface area contributed by atoms with E-state index in [4.69, 9.17) is 5.73 Å². The summed E-state index contributed by atoms with van der Waals surface area (Å²) >= 11 is 1.31. The highest BCUT2D eigenvalue weighted by atomic mass is 32.1. The number of rotatable bonds is 2. The number of imide groups is 1. The first kappa shape index (κ1) is 12.4. The average molecular weight is 280 g/mol. The lowest BCUT2D eigenvalue weighted by Gasteiger charge is -2.30. The van der Waals surface area contributed by atoms with Gasteiger partial charge in [-0.2, -0.15) is 0 Å². The highest BCUT2D eigenvalue weighted by Gasteiger charge is 2.51. The number of carbonyl (C=O) groups excluding carboxylic acids is 2. The second kappa shape index (κ2) is 4.48. The number of nitrogen functional groups attached to an aromatic ring is 1. The van der Waals surface area contributed by atoms with Crippen LogP contribution < -0.4 is 11.1 Å². The number of nitrogens with two attached hydrogens (primary N) is 1. The normalized spacial score (nSPS) is 22.0. The van der Waals surface area contributed by atoms with Crippen LogP contribution in [0.4, 0.5) is 9.93 Å². The van der Waals surface area contributed by atoms with Gasteiger partial charge in [0.05, 0.1) is 6.54 Å². The van der Waals surface area contributed by atoms with Crippen LogP contribution in [0.1, 0.15) is 37.0 Å². The molecule has 2 fully saturated rings. The molecule has 0 aromatic carbocycles. The van der Waals surface area contributed by atoms with Crippen LogP contribution >= 0.6 is 11.3 Å². The van der Waals surface area contributed by atoms with E-state index >= 15 is 0 Å². The molecule has 0 bridgehead atoms. The average Bonchev–Trinajstić information content (AvgIpc) is 2.89. The zero-order chi connectivity index (χ0) is 13.5. The van der Waals surface area contributed by atoms with Crippen molar-refractivity contribution in [2.24, 2.45) is 0 Å². The summed E-state index contributed by atoms with van der Waals surface area (Å²) in [6.07, 6.45) is 6.24. The smallest absolute Gasteiger partial charge is 0.325 e. The molecule has 2 heterocycles. The molecule has 1 aromatic rings. The Hall–Kier alpha value is -1.63. The molecule has 7 heteroatoms. The van der Waals surface area contributed by atoms with Gasteiger partial charge in [-0.1, -0.05) is 19.3 Å². The second-order valence-corrected chi connectivity index (χ2v) is 6.28. The molecule has 0 radical (unpaired) electrons. The van der Waals surface area contributed by atoms with Gasteiger partial charge in [-0.05, 0) is 12.8 Å². The number of thiazole rings is 1. The van der Waals surface area contributed by atoms with Gasteiger partial charge in [0.1, 0.15) is 5.54 Å². The molecular formula is C12H16N4O2S. The number of anilines is 1. The third-order valence-corrected chi connectivity index (χ3v) is 4.65. The van der Waals surface area contributed by atoms with Crippen molar-refractivity contribution in [2.75, 3.05) is 5.73 Å². The van der Waals surface area contributed by atoms with Crippen molar-refractivity contribution in [3.8, 4) is 0 Å². The molecule has 1 saturated heterocycles. The van der Waals surface area contributed by atoms with E-state index in [2.05, 4.69) is 10.3 Å². The number of nitrogens with zero attached hydrogens (tertiary/aromatic N) is 2. The molecule has 19 heavy (non-hydrogen) atoms. The predicted molar refractivity (Wildman–Crippen MR) is 71.4 cm³/mol. The number of aromatic nitrogens is 1. The van der Waals surface area contributed by atoms with Crippen molar-refractivity contribution in [2.45, 2.75) is 44.2 Å². The van der Waals surface area contributed by atoms with Gasteiger partial charge >= 0.3 is 6.03 Å². The standard InChI is InChI=1S/C12H16N4O2S/c13-10-14-6-8(19-10)7-16-9(17)12(15-11(16)18)4-2-1-3-5-12/h6H,1-5,7H2,(H2,13,14)(H,15,18). The van der Waals surface area contributed by atoms with Gasteiger partial charge in [0.2, 0.25) is 0 Å². The monoisotopic (exact) mass is 280 g/mol. The minimum absolute atomic E-state index is 0.0934. The van der Waals surface area contributed by atoms with Gasteiger partial charge in [0, 0.05) is 11.1 Å². The maximum Gasteiger partial charge on any atom is 0.325 e. The topological polar surface area (TPSA) is 88.3 Å². The summed E-state index contributed by atoms with van der Waals surface area (Å²) in [5.74, 6) is -0.0934. The van der Waals surface area contributed by atoms with Crippen molar-refractivity contribution in [1.29, 1.82) is 0 Å². The summed E-state index contributed by atoms with van der Waals surface area (Å²) in [5, 5.41) is 3.34. The quantitative estimate of drug-likeness (QED) is 0.803. The van der Waals surface area contributed by atoms with Crippen molar-refractivity contribution in [1.82, 2.24) is 15.2 Å². The minimum atomic E-state index is -0.647. The molecular weight excluding hydrogens is 264 g/mol. The lowest BCUT2D eigenvalue weighted by molar-refractivity contribution is -0.132. The molecule has 0 atom stereocenters. The Morgan fingerprint density at radius 2 is 2.11 bits per heavy atom. The summed E-state index contributed by atoms with van der Waals surface area (Å²) < 4.78 is 0. The Kier molecular flexibility index (Phi) is 2.93. The first-order chi connectivity index (χ1) is 9.11. The lowest BCUT2D eigenvalue weighted by Crippen LogP contribution is -2.48. The Bertz CT molecular complexity index is 522. The number of hydrogen-bond acceptors (Lipinski definition) is 5. The molecule has 102 valence electrons. The van der Waals surface area contributed by atoms with Gasteiger partial charge in [0.15, 0.2) is 5.13 Å². The molecule has 1 aliphatic carbocycles. The Morgan fingerprint density at radius 1 is 1.37 bits per heavy atom. The maximum atomic E-state index is 12.5. The first-order valence-corrected chi connectivity index (χ1v) is 7.27. The largest absolute Gasteiger partial charge is 0.375 e. The summed E-state index contributed by atoms with van der Waals surface area (Å²) in [6.45, 7) is 0.265. The van der Waals surface area contributed by atoms with Gasteiger partial charge in [0.25, 0.3) is 5.91 Å². The van der Waals surface area contributed by atoms with Gasteiger partial charge in [-0.3, -0.25) is 9.69 Å². The van der Waals surface area contributed by atoms with Crippen LogP contribution in [-0.2, 0) is 11.3 Å². The van der Waals surface area contributed by atoms with Crippen LogP contribution in [0, 0.1) is 0 Å². The Morgan fingerprint density at radius 3 is 2.74 bits per heavy atom. The molecule has 3 rings (SSSR count). The SMILES string of the molecule is Nc1ncc(CN2C(=O)NC3(CCCCC3)C2=O)s1. The second-order valence-electron chi connectivity index (χ2n) is 5.13. The van der Waals surface area contributed by atoms with E-state index in [1.165, 1.54) is 16.2 Å². The lowest BCUT2D eigenvalue weighted by atomic mass is 9.82. The van der Waals surface area contributed by atoms with E-state index < -0.39 is 5.54 Å². The summed E-state index contributed by atoms with van der Waals surface area (Å²) in [5.41, 5.74) is 4.91. The fourth-order valence-corrected chi connectivity index (χ4v) is 3.54. The highest BCUT2D eigenvalue weighted by Crippen LogP contribution is 2.34. The number of nitrogens with one attached hydrogen (secondary N) is 1. The Balaban J connectivity index is 1.79. The van der Waals surface area contributed by atoms with Crippen molar-refractivity contribution >= 4 is 28.4 Å². The van der Waals surface area contributed by atoms with E-state index in [0.717, 1.165) is 37.0 Å². The maximum absolute atomic E-state index is 12.5. The summed E-state index contributed by atoms with van der Waals surface area (Å²) in [4.78, 5) is 30.6. The highest BCUT2D eigenvalue weighted by molar-refractivity contribution is 7.15. The number of hydrogen-bond donors (Lipinski definition) is 2. The zero-order valence-electron chi connectivity index (χ0n) is 10.5. The van der Waals surface area contributed by atoms with Crippen LogP contribution in [0.2, 0.25) is 0 Å². The summed E-state index contributed by atoms with van der Waals surface area (Å²) in [6, 6.07) is -0.293. The minimum Gasteiger partial charge on any atom is -0.375 e. The number of urea groups is 1. The van der Waals surface area contributed by atoms with E-state index in [9.17, 15) is 9.59 Å². The van der Waals surface area contributed by atoms with Crippen LogP contribution in [-0.4, -0.2) is 27.4 Å². The molecule has 0 unspecified atom stereocenters. The van der Waals surface area contributed by atoms with Crippen LogP contribution in [0.5, 0.6) is 0 Å². The molecule has 3 amide bonds. The molecule has 1 saturated carbocycles. The third kappa shape index (κ3) is 2.07. The van der Waals surface area contributed by atoms with Crippen LogP contribution in [0.25, 0.3) is 0 Å².